The fourth-order valence-corrected chi connectivity index (χ4v) is 3.82. The summed E-state index contributed by atoms with van der Waals surface area (Å²) in [6.45, 7) is 9.56. The molecular formula is C20H27F3N2O3. The third kappa shape index (κ3) is 4.54. The molecule has 28 heavy (non-hydrogen) atoms. The number of ether oxygens (including phenoxy) is 2. The molecule has 1 aromatic rings. The quantitative estimate of drug-likeness (QED) is 0.698. The van der Waals surface area contributed by atoms with Crippen LogP contribution < -0.4 is 4.74 Å². The number of hydrogen-bond donors (Lipinski definition) is 0. The first-order valence-corrected chi connectivity index (χ1v) is 9.53. The van der Waals surface area contributed by atoms with Crippen LogP contribution in [-0.2, 0) is 10.9 Å². The summed E-state index contributed by atoms with van der Waals surface area (Å²) in [6, 6.07) is 3.75. The predicted octanol–water partition coefficient (Wildman–Crippen LogP) is 4.47. The molecule has 1 fully saturated rings. The number of carbonyl (C=O) groups is 1. The maximum Gasteiger partial charge on any atom is 0.416 e. The van der Waals surface area contributed by atoms with E-state index in [1.807, 2.05) is 27.7 Å². The van der Waals surface area contributed by atoms with Gasteiger partial charge in [0.05, 0.1) is 12.2 Å². The standard InChI is InChI=1S/C20H27F3N2O3/c1-13-12-24(18(26)28-19(2,3)4)8-9-25(13)16-7-10-27-17-11-14(20(21,22)23)5-6-15(16)17/h5-6,11,13,16H,7-10,12H2,1-4H3/t13-,16?/m1/s1. The van der Waals surface area contributed by atoms with Gasteiger partial charge < -0.3 is 14.4 Å². The smallest absolute Gasteiger partial charge is 0.416 e. The van der Waals surface area contributed by atoms with E-state index in [1.165, 1.54) is 6.07 Å². The topological polar surface area (TPSA) is 42.0 Å². The number of benzene rings is 1. The Kier molecular flexibility index (Phi) is 5.53. The van der Waals surface area contributed by atoms with Crippen LogP contribution in [0, 0.1) is 0 Å². The highest BCUT2D eigenvalue weighted by atomic mass is 19.4. The number of carbonyl (C=O) groups excluding carboxylic acids is 1. The van der Waals surface area contributed by atoms with Crippen molar-refractivity contribution in [3.63, 3.8) is 0 Å². The van der Waals surface area contributed by atoms with Crippen LogP contribution in [0.4, 0.5) is 18.0 Å². The molecule has 1 aromatic carbocycles. The van der Waals surface area contributed by atoms with Crippen LogP contribution in [0.15, 0.2) is 18.2 Å². The molecular weight excluding hydrogens is 373 g/mol. The highest BCUT2D eigenvalue weighted by Crippen LogP contribution is 2.41. The molecule has 0 radical (unpaired) electrons. The number of piperazine rings is 1. The molecule has 0 spiro atoms. The molecule has 0 aromatic heterocycles. The van der Waals surface area contributed by atoms with Crippen molar-refractivity contribution in [2.75, 3.05) is 26.2 Å². The zero-order valence-electron chi connectivity index (χ0n) is 16.7. The number of rotatable bonds is 1. The van der Waals surface area contributed by atoms with Crippen molar-refractivity contribution in [3.05, 3.63) is 29.3 Å². The summed E-state index contributed by atoms with van der Waals surface area (Å²) in [6.07, 6.45) is -4.02. The number of fused-ring (bicyclic) bond motifs is 1. The summed E-state index contributed by atoms with van der Waals surface area (Å²) >= 11 is 0. The third-order valence-electron chi connectivity index (χ3n) is 5.08. The summed E-state index contributed by atoms with van der Waals surface area (Å²) in [7, 11) is 0. The van der Waals surface area contributed by atoms with Crippen LogP contribution in [0.1, 0.15) is 51.3 Å². The SMILES string of the molecule is C[C@@H]1CN(C(=O)OC(C)(C)C)CCN1C1CCOc2cc(C(F)(F)F)ccc21. The van der Waals surface area contributed by atoms with E-state index >= 15 is 0 Å². The molecule has 3 rings (SSSR count). The second-order valence-corrected chi connectivity index (χ2v) is 8.42. The Labute approximate surface area is 163 Å². The first kappa shape index (κ1) is 20.8. The van der Waals surface area contributed by atoms with Crippen molar-refractivity contribution in [2.45, 2.75) is 58.0 Å². The van der Waals surface area contributed by atoms with Crippen molar-refractivity contribution in [3.8, 4) is 5.75 Å². The Balaban J connectivity index is 1.73. The van der Waals surface area contributed by atoms with E-state index in [0.717, 1.165) is 17.7 Å². The molecule has 1 unspecified atom stereocenters. The third-order valence-corrected chi connectivity index (χ3v) is 5.08. The van der Waals surface area contributed by atoms with E-state index in [1.54, 1.807) is 4.90 Å². The van der Waals surface area contributed by atoms with Gasteiger partial charge >= 0.3 is 12.3 Å². The summed E-state index contributed by atoms with van der Waals surface area (Å²) < 4.78 is 49.9. The molecule has 0 aliphatic carbocycles. The average Bonchev–Trinajstić information content (AvgIpc) is 2.58. The second kappa shape index (κ2) is 7.46. The van der Waals surface area contributed by atoms with E-state index < -0.39 is 17.3 Å². The summed E-state index contributed by atoms with van der Waals surface area (Å²) in [5.41, 5.74) is -0.473. The van der Waals surface area contributed by atoms with E-state index in [2.05, 4.69) is 4.90 Å². The summed E-state index contributed by atoms with van der Waals surface area (Å²) in [4.78, 5) is 16.3. The first-order chi connectivity index (χ1) is 13.0. The zero-order valence-corrected chi connectivity index (χ0v) is 16.7. The van der Waals surface area contributed by atoms with Crippen LogP contribution in [0.2, 0.25) is 0 Å². The number of nitrogens with zero attached hydrogens (tertiary/aromatic N) is 2. The number of alkyl halides is 3. The molecule has 2 heterocycles. The minimum Gasteiger partial charge on any atom is -0.493 e. The summed E-state index contributed by atoms with van der Waals surface area (Å²) in [5, 5.41) is 0. The van der Waals surface area contributed by atoms with Gasteiger partial charge in [0.15, 0.2) is 0 Å². The number of hydrogen-bond acceptors (Lipinski definition) is 4. The number of amides is 1. The molecule has 2 atom stereocenters. The van der Waals surface area contributed by atoms with Gasteiger partial charge in [-0.2, -0.15) is 13.2 Å². The average molecular weight is 400 g/mol. The van der Waals surface area contributed by atoms with Gasteiger partial charge in [-0.15, -0.1) is 0 Å². The zero-order chi connectivity index (χ0) is 20.7. The van der Waals surface area contributed by atoms with Crippen LogP contribution in [0.3, 0.4) is 0 Å². The van der Waals surface area contributed by atoms with E-state index in [4.69, 9.17) is 9.47 Å². The number of halogens is 3. The molecule has 156 valence electrons. The Morgan fingerprint density at radius 3 is 2.54 bits per heavy atom. The molecule has 8 heteroatoms. The van der Waals surface area contributed by atoms with Crippen LogP contribution in [-0.4, -0.2) is 53.8 Å². The molecule has 0 bridgehead atoms. The first-order valence-electron chi connectivity index (χ1n) is 9.53. The largest absolute Gasteiger partial charge is 0.493 e. The normalized spacial score (nSPS) is 23.8. The van der Waals surface area contributed by atoms with Crippen LogP contribution in [0.25, 0.3) is 0 Å². The van der Waals surface area contributed by atoms with Gasteiger partial charge in [0.25, 0.3) is 0 Å². The molecule has 2 aliphatic heterocycles. The molecule has 0 N–H and O–H groups in total. The lowest BCUT2D eigenvalue weighted by Gasteiger charge is -2.45. The Hall–Kier alpha value is -1.96. The highest BCUT2D eigenvalue weighted by molar-refractivity contribution is 5.68. The molecule has 2 aliphatic rings. The van der Waals surface area contributed by atoms with Crippen LogP contribution in [0.5, 0.6) is 5.75 Å². The van der Waals surface area contributed by atoms with E-state index in [-0.39, 0.29) is 18.2 Å². The predicted molar refractivity (Wildman–Crippen MR) is 98.3 cm³/mol. The molecule has 5 nitrogen and oxygen atoms in total. The maximum atomic E-state index is 13.0. The lowest BCUT2D eigenvalue weighted by atomic mass is 9.95. The van der Waals surface area contributed by atoms with Gasteiger partial charge in [0.2, 0.25) is 0 Å². The molecule has 1 saturated heterocycles. The van der Waals surface area contributed by atoms with Gasteiger partial charge in [-0.25, -0.2) is 4.79 Å². The van der Waals surface area contributed by atoms with Crippen LogP contribution >= 0.6 is 0 Å². The van der Waals surface area contributed by atoms with Crippen molar-refractivity contribution < 1.29 is 27.4 Å². The van der Waals surface area contributed by atoms with Gasteiger partial charge in [-0.05, 0) is 39.8 Å². The second-order valence-electron chi connectivity index (χ2n) is 8.42. The van der Waals surface area contributed by atoms with Crippen molar-refractivity contribution in [2.24, 2.45) is 0 Å². The maximum absolute atomic E-state index is 13.0. The van der Waals surface area contributed by atoms with Gasteiger partial charge in [0.1, 0.15) is 11.4 Å². The molecule has 1 amide bonds. The van der Waals surface area contributed by atoms with E-state index in [9.17, 15) is 18.0 Å². The van der Waals surface area contributed by atoms with Gasteiger partial charge in [-0.3, -0.25) is 4.90 Å². The Morgan fingerprint density at radius 1 is 1.21 bits per heavy atom. The fraction of sp³-hybridized carbons (Fsp3) is 0.650. The van der Waals surface area contributed by atoms with Crippen molar-refractivity contribution in [1.29, 1.82) is 0 Å². The summed E-state index contributed by atoms with van der Waals surface area (Å²) in [5.74, 6) is 0.299. The van der Waals surface area contributed by atoms with Crippen molar-refractivity contribution in [1.82, 2.24) is 9.80 Å². The Morgan fingerprint density at radius 2 is 1.93 bits per heavy atom. The minimum absolute atomic E-state index is 0.0261. The van der Waals surface area contributed by atoms with Crippen molar-refractivity contribution >= 4 is 6.09 Å². The minimum atomic E-state index is -4.39. The Bertz CT molecular complexity index is 730. The molecule has 0 saturated carbocycles. The lowest BCUT2D eigenvalue weighted by molar-refractivity contribution is -0.137. The van der Waals surface area contributed by atoms with Gasteiger partial charge in [-0.1, -0.05) is 6.07 Å². The highest BCUT2D eigenvalue weighted by Gasteiger charge is 2.37. The fourth-order valence-electron chi connectivity index (χ4n) is 3.82. The van der Waals surface area contributed by atoms with Gasteiger partial charge in [0, 0.05) is 43.7 Å². The van der Waals surface area contributed by atoms with E-state index in [0.29, 0.717) is 38.4 Å². The lowest BCUT2D eigenvalue weighted by Crippen LogP contribution is -2.55. The monoisotopic (exact) mass is 400 g/mol.